The number of nitrogens with zero attached hydrogens (tertiary/aromatic N) is 2. The molecule has 0 fully saturated rings. The van der Waals surface area contributed by atoms with Crippen LogP contribution in [0.4, 0.5) is 34.1 Å². The maximum atomic E-state index is 2.73. The van der Waals surface area contributed by atoms with Gasteiger partial charge in [-0.05, 0) is 167 Å². The summed E-state index contributed by atoms with van der Waals surface area (Å²) in [6.45, 7) is 21.1. The highest BCUT2D eigenvalue weighted by Crippen LogP contribution is 2.56. The predicted octanol–water partition coefficient (Wildman–Crippen LogP) is 24.4. The molecule has 17 rings (SSSR count). The molecule has 458 valence electrons. The van der Waals surface area contributed by atoms with E-state index in [4.69, 9.17) is 0 Å². The van der Waals surface area contributed by atoms with Crippen molar-refractivity contribution in [3.63, 3.8) is 0 Å². The van der Waals surface area contributed by atoms with Gasteiger partial charge >= 0.3 is 0 Å². The van der Waals surface area contributed by atoms with Gasteiger partial charge in [-0.1, -0.05) is 269 Å². The topological polar surface area (TPSA) is 6.48 Å². The largest absolute Gasteiger partial charge is 0.310 e. The molecule has 0 amide bonds. The van der Waals surface area contributed by atoms with Crippen LogP contribution in [0.3, 0.4) is 0 Å². The van der Waals surface area contributed by atoms with Crippen molar-refractivity contribution in [2.45, 2.75) is 78.6 Å². The lowest BCUT2D eigenvalue weighted by Gasteiger charge is -2.47. The van der Waals surface area contributed by atoms with Crippen molar-refractivity contribution in [1.82, 2.24) is 0 Å². The quantitative estimate of drug-likeness (QED) is 0.140. The van der Waals surface area contributed by atoms with E-state index in [1.165, 1.54) is 163 Å². The summed E-state index contributed by atoms with van der Waals surface area (Å²) in [6, 6.07) is 107. The van der Waals surface area contributed by atoms with Crippen LogP contribution in [0.25, 0.3) is 107 Å². The zero-order chi connectivity index (χ0) is 64.6. The molecule has 2 aliphatic heterocycles. The van der Waals surface area contributed by atoms with Gasteiger partial charge in [-0.2, -0.15) is 0 Å². The maximum Gasteiger partial charge on any atom is 0.252 e. The number of rotatable bonds is 8. The first-order chi connectivity index (χ1) is 46.0. The Kier molecular flexibility index (Phi) is 13.8. The second-order valence-electron chi connectivity index (χ2n) is 29.2. The summed E-state index contributed by atoms with van der Waals surface area (Å²) in [5, 5.41) is 5.20. The van der Waals surface area contributed by atoms with E-state index in [2.05, 4.69) is 351 Å². The molecular formula is C90H73BN2S2. The van der Waals surface area contributed by atoms with E-state index >= 15 is 0 Å². The molecule has 95 heavy (non-hydrogen) atoms. The molecule has 0 saturated carbocycles. The summed E-state index contributed by atoms with van der Waals surface area (Å²) >= 11 is 3.77. The maximum absolute atomic E-state index is 2.73. The highest BCUT2D eigenvalue weighted by Gasteiger charge is 2.47. The molecule has 0 N–H and O–H groups in total. The second kappa shape index (κ2) is 22.3. The Labute approximate surface area is 567 Å². The first-order valence-corrected chi connectivity index (χ1v) is 35.1. The summed E-state index contributed by atoms with van der Waals surface area (Å²) in [6.07, 6.45) is 0. The van der Waals surface area contributed by atoms with Gasteiger partial charge in [0.15, 0.2) is 0 Å². The minimum Gasteiger partial charge on any atom is -0.310 e. The van der Waals surface area contributed by atoms with Crippen LogP contribution in [0.5, 0.6) is 0 Å². The van der Waals surface area contributed by atoms with Crippen molar-refractivity contribution in [1.29, 1.82) is 0 Å². The number of hydrogen-bond donors (Lipinski definition) is 0. The van der Waals surface area contributed by atoms with Gasteiger partial charge in [-0.15, -0.1) is 22.7 Å². The molecule has 2 aromatic heterocycles. The van der Waals surface area contributed by atoms with Crippen molar-refractivity contribution in [2.24, 2.45) is 0 Å². The predicted molar refractivity (Wildman–Crippen MR) is 415 cm³/mol. The van der Waals surface area contributed by atoms with E-state index in [1.807, 2.05) is 22.7 Å². The Balaban J connectivity index is 1.07. The van der Waals surface area contributed by atoms with Crippen LogP contribution in [0.1, 0.15) is 79.0 Å². The average Bonchev–Trinajstić information content (AvgIpc) is 1.27. The van der Waals surface area contributed by atoms with Crippen LogP contribution in [0.2, 0.25) is 0 Å². The van der Waals surface area contributed by atoms with Crippen LogP contribution in [0, 0.1) is 0 Å². The molecule has 0 atom stereocenters. The van der Waals surface area contributed by atoms with Gasteiger partial charge < -0.3 is 9.80 Å². The third kappa shape index (κ3) is 9.80. The van der Waals surface area contributed by atoms with E-state index in [-0.39, 0.29) is 23.0 Å². The summed E-state index contributed by atoms with van der Waals surface area (Å²) in [5.74, 6) is 0. The second-order valence-corrected chi connectivity index (χ2v) is 31.4. The summed E-state index contributed by atoms with van der Waals surface area (Å²) in [5.41, 5.74) is 28.4. The van der Waals surface area contributed by atoms with Gasteiger partial charge in [0, 0.05) is 85.3 Å². The number of hydrogen-bond acceptors (Lipinski definition) is 4. The smallest absolute Gasteiger partial charge is 0.252 e. The molecule has 2 aliphatic rings. The molecule has 2 nitrogen and oxygen atoms in total. The first-order valence-electron chi connectivity index (χ1n) is 33.5. The fourth-order valence-corrected chi connectivity index (χ4v) is 17.5. The molecule has 0 spiro atoms. The number of benzene rings is 13. The highest BCUT2D eigenvalue weighted by atomic mass is 32.1. The minimum absolute atomic E-state index is 0.166. The van der Waals surface area contributed by atoms with E-state index < -0.39 is 0 Å². The van der Waals surface area contributed by atoms with Crippen LogP contribution in [-0.2, 0) is 16.2 Å². The van der Waals surface area contributed by atoms with Crippen LogP contribution < -0.4 is 26.2 Å². The van der Waals surface area contributed by atoms with Crippen LogP contribution in [0.15, 0.2) is 279 Å². The van der Waals surface area contributed by atoms with E-state index in [1.54, 1.807) is 0 Å². The Hall–Kier alpha value is -10.0. The molecule has 0 radical (unpaired) electrons. The molecule has 0 bridgehead atoms. The molecule has 15 aromatic rings. The fourth-order valence-electron chi connectivity index (χ4n) is 15.3. The lowest BCUT2D eigenvalue weighted by molar-refractivity contribution is 0.590. The van der Waals surface area contributed by atoms with E-state index in [9.17, 15) is 0 Å². The zero-order valence-corrected chi connectivity index (χ0v) is 57.0. The van der Waals surface area contributed by atoms with Crippen molar-refractivity contribution >= 4 is 120 Å². The molecule has 4 heterocycles. The number of thiophene rings is 2. The molecule has 5 heteroatoms. The Morgan fingerprint density at radius 1 is 0.263 bits per heavy atom. The Morgan fingerprint density at radius 2 is 0.579 bits per heavy atom. The molecule has 13 aromatic carbocycles. The summed E-state index contributed by atoms with van der Waals surface area (Å²) < 4.78 is 5.19. The van der Waals surface area contributed by atoms with Gasteiger partial charge in [-0.25, -0.2) is 0 Å². The fraction of sp³-hybridized carbons (Fsp3) is 0.133. The summed E-state index contributed by atoms with van der Waals surface area (Å²) in [7, 11) is 0. The van der Waals surface area contributed by atoms with Crippen molar-refractivity contribution < 1.29 is 0 Å². The number of fused-ring (bicyclic) bond motifs is 10. The lowest BCUT2D eigenvalue weighted by Crippen LogP contribution is -2.61. The van der Waals surface area contributed by atoms with Gasteiger partial charge in [-0.3, -0.25) is 0 Å². The lowest BCUT2D eigenvalue weighted by atomic mass is 9.33. The third-order valence-corrected chi connectivity index (χ3v) is 22.4. The highest BCUT2D eigenvalue weighted by molar-refractivity contribution is 7.26. The number of anilines is 6. The average molecular weight is 1260 g/mol. The van der Waals surface area contributed by atoms with Crippen LogP contribution >= 0.6 is 22.7 Å². The van der Waals surface area contributed by atoms with Gasteiger partial charge in [0.25, 0.3) is 6.71 Å². The zero-order valence-electron chi connectivity index (χ0n) is 55.3. The molecular weight excluding hydrogens is 1180 g/mol. The monoisotopic (exact) mass is 1260 g/mol. The Morgan fingerprint density at radius 3 is 0.926 bits per heavy atom. The standard InChI is InChI=1S/C90H73BN2S2/c1-88(2,3)62-50-69(56-28-14-10-15-29-56)86(70(51-62)57-30-16-11-17-31-57)92-75-46-44-60(65-38-26-42-81-83(65)67-36-22-24-40-79(67)94-81)48-73(75)91-74-49-61(66-39-27-43-82-84(66)68-37-23-25-41-80(68)95-82)45-47-76(74)93(78-55-64(90(7,8)9)54-77(92)85(78)91)87-71(58-32-18-12-19-33-58)52-63(89(4,5)6)53-72(87)59-34-20-13-21-35-59/h10-55H,1-9H3. The Bertz CT molecular complexity index is 5090. The molecule has 0 aliphatic carbocycles. The third-order valence-electron chi connectivity index (χ3n) is 20.1. The van der Waals surface area contributed by atoms with Gasteiger partial charge in [0.05, 0.1) is 11.4 Å². The normalized spacial score (nSPS) is 13.0. The minimum atomic E-state index is -0.280. The molecule has 0 unspecified atom stereocenters. The van der Waals surface area contributed by atoms with E-state index in [0.29, 0.717) is 0 Å². The summed E-state index contributed by atoms with van der Waals surface area (Å²) in [4.78, 5) is 5.46. The van der Waals surface area contributed by atoms with Gasteiger partial charge in [0.1, 0.15) is 0 Å². The van der Waals surface area contributed by atoms with Crippen molar-refractivity contribution in [3.8, 4) is 66.8 Å². The van der Waals surface area contributed by atoms with Crippen molar-refractivity contribution in [2.75, 3.05) is 9.80 Å². The molecule has 0 saturated heterocycles. The SMILES string of the molecule is CC(C)(C)c1cc(-c2ccccc2)c(N2c3ccc(-c4cccc5sc6ccccc6c45)cc3B3c4cc(-c5cccc6sc7ccccc7c56)ccc4N(c4c(-c5ccccc5)cc(C(C)(C)C)cc4-c4ccccc4)c4cc(C(C)(C)C)cc2c43)c(-c2ccccc2)c1. The van der Waals surface area contributed by atoms with Crippen molar-refractivity contribution in [3.05, 3.63) is 296 Å². The van der Waals surface area contributed by atoms with Gasteiger partial charge in [0.2, 0.25) is 0 Å². The first kappa shape index (κ1) is 58.8. The van der Waals surface area contributed by atoms with Crippen LogP contribution in [-0.4, -0.2) is 6.71 Å². The van der Waals surface area contributed by atoms with E-state index in [0.717, 1.165) is 11.4 Å².